The fourth-order valence-electron chi connectivity index (χ4n) is 4.00. The summed E-state index contributed by atoms with van der Waals surface area (Å²) in [5, 5.41) is 17.3. The van der Waals surface area contributed by atoms with E-state index in [1.807, 2.05) is 20.9 Å². The molecule has 3 N–H and O–H groups in total. The minimum Gasteiger partial charge on any atom is -0.493 e. The molecule has 192 valence electrons. The Morgan fingerprint density at radius 2 is 2.06 bits per heavy atom. The SMILES string of the molecule is CCCC(=N)c1nc(-c2cc(S(=O)(=O)N3CC(N(C)CCCO)C3)ccc2OCC)[nH]c(=O)c1C. The van der Waals surface area contributed by atoms with Gasteiger partial charge in [-0.1, -0.05) is 13.3 Å². The van der Waals surface area contributed by atoms with Gasteiger partial charge < -0.3 is 25.1 Å². The summed E-state index contributed by atoms with van der Waals surface area (Å²) in [6.07, 6.45) is 1.86. The highest BCUT2D eigenvalue weighted by Gasteiger charge is 2.38. The molecule has 0 unspecified atom stereocenters. The first-order valence-electron chi connectivity index (χ1n) is 11.9. The van der Waals surface area contributed by atoms with Gasteiger partial charge in [0.25, 0.3) is 5.56 Å². The maximum atomic E-state index is 13.3. The number of hydrogen-bond donors (Lipinski definition) is 3. The van der Waals surface area contributed by atoms with Crippen molar-refractivity contribution in [1.29, 1.82) is 5.41 Å². The molecule has 0 amide bonds. The van der Waals surface area contributed by atoms with Crippen molar-refractivity contribution in [2.24, 2.45) is 0 Å². The number of rotatable bonds is 12. The molecule has 0 atom stereocenters. The Balaban J connectivity index is 1.97. The summed E-state index contributed by atoms with van der Waals surface area (Å²) in [5.41, 5.74) is 0.894. The van der Waals surface area contributed by atoms with Crippen molar-refractivity contribution in [2.45, 2.75) is 51.0 Å². The molecule has 0 spiro atoms. The van der Waals surface area contributed by atoms with Crippen molar-refractivity contribution in [1.82, 2.24) is 19.2 Å². The standard InChI is InChI=1S/C24H35N5O5S/c1-5-8-20(25)22-16(3)24(31)27-23(26-22)19-13-18(9-10-21(19)34-6-2)35(32,33)29-14-17(15-29)28(4)11-7-12-30/h9-10,13,17,25,30H,5-8,11-12,14-15H2,1-4H3,(H,26,27,31). The second-order valence-electron chi connectivity index (χ2n) is 8.74. The van der Waals surface area contributed by atoms with Crippen LogP contribution < -0.4 is 10.3 Å². The zero-order chi connectivity index (χ0) is 25.8. The summed E-state index contributed by atoms with van der Waals surface area (Å²) >= 11 is 0. The van der Waals surface area contributed by atoms with E-state index < -0.39 is 10.0 Å². The Morgan fingerprint density at radius 1 is 1.34 bits per heavy atom. The Labute approximate surface area is 206 Å². The molecule has 1 aromatic heterocycles. The van der Waals surface area contributed by atoms with Gasteiger partial charge in [0.15, 0.2) is 0 Å². The third kappa shape index (κ3) is 5.80. The molecule has 2 aromatic rings. The second-order valence-corrected chi connectivity index (χ2v) is 10.7. The molecule has 0 aliphatic carbocycles. The molecule has 11 heteroatoms. The number of ether oxygens (including phenoxy) is 1. The summed E-state index contributed by atoms with van der Waals surface area (Å²) in [6.45, 7) is 7.27. The monoisotopic (exact) mass is 505 g/mol. The summed E-state index contributed by atoms with van der Waals surface area (Å²) < 4.78 is 33.8. The number of H-pyrrole nitrogens is 1. The van der Waals surface area contributed by atoms with E-state index in [1.165, 1.54) is 16.4 Å². The maximum absolute atomic E-state index is 13.3. The summed E-state index contributed by atoms with van der Waals surface area (Å²) in [4.78, 5) is 22.1. The van der Waals surface area contributed by atoms with Crippen LogP contribution in [0.1, 0.15) is 44.4 Å². The minimum absolute atomic E-state index is 0.0841. The second kappa shape index (κ2) is 11.4. The third-order valence-corrected chi connectivity index (χ3v) is 8.03. The van der Waals surface area contributed by atoms with Crippen LogP contribution in [0.4, 0.5) is 0 Å². The largest absolute Gasteiger partial charge is 0.493 e. The number of hydrogen-bond acceptors (Lipinski definition) is 8. The van der Waals surface area contributed by atoms with E-state index in [0.717, 1.165) is 6.42 Å². The maximum Gasteiger partial charge on any atom is 0.254 e. The average Bonchev–Trinajstić information content (AvgIpc) is 2.78. The van der Waals surface area contributed by atoms with Crippen LogP contribution in [0.5, 0.6) is 5.75 Å². The Hall–Kier alpha value is -2.60. The average molecular weight is 506 g/mol. The minimum atomic E-state index is -3.77. The van der Waals surface area contributed by atoms with Gasteiger partial charge in [0, 0.05) is 37.8 Å². The van der Waals surface area contributed by atoms with Gasteiger partial charge in [0.05, 0.1) is 28.5 Å². The molecule has 10 nitrogen and oxygen atoms in total. The first-order chi connectivity index (χ1) is 16.6. The van der Waals surface area contributed by atoms with Crippen LogP contribution in [0.15, 0.2) is 27.9 Å². The lowest BCUT2D eigenvalue weighted by atomic mass is 10.1. The highest BCUT2D eigenvalue weighted by molar-refractivity contribution is 7.89. The highest BCUT2D eigenvalue weighted by atomic mass is 32.2. The van der Waals surface area contributed by atoms with Crippen molar-refractivity contribution in [3.05, 3.63) is 39.8 Å². The number of aliphatic hydroxyl groups is 1. The molecule has 0 bridgehead atoms. The molecular formula is C24H35N5O5S. The highest BCUT2D eigenvalue weighted by Crippen LogP contribution is 2.33. The number of benzene rings is 1. The van der Waals surface area contributed by atoms with E-state index in [1.54, 1.807) is 13.0 Å². The lowest BCUT2D eigenvalue weighted by Crippen LogP contribution is -2.60. The van der Waals surface area contributed by atoms with Gasteiger partial charge in [-0.3, -0.25) is 4.79 Å². The molecule has 0 radical (unpaired) electrons. The smallest absolute Gasteiger partial charge is 0.254 e. The van der Waals surface area contributed by atoms with E-state index in [0.29, 0.717) is 61.7 Å². The van der Waals surface area contributed by atoms with Gasteiger partial charge >= 0.3 is 0 Å². The van der Waals surface area contributed by atoms with Gasteiger partial charge in [0.2, 0.25) is 10.0 Å². The summed E-state index contributed by atoms with van der Waals surface area (Å²) in [6, 6.07) is 4.65. The van der Waals surface area contributed by atoms with Crippen molar-refractivity contribution < 1.29 is 18.3 Å². The molecule has 0 saturated carbocycles. The van der Waals surface area contributed by atoms with E-state index >= 15 is 0 Å². The number of aromatic amines is 1. The van der Waals surface area contributed by atoms with E-state index in [4.69, 9.17) is 15.3 Å². The Bertz CT molecular complexity index is 1220. The molecular weight excluding hydrogens is 470 g/mol. The summed E-state index contributed by atoms with van der Waals surface area (Å²) in [5.74, 6) is 0.568. The fourth-order valence-corrected chi connectivity index (χ4v) is 5.54. The van der Waals surface area contributed by atoms with E-state index in [-0.39, 0.29) is 34.6 Å². The predicted octanol–water partition coefficient (Wildman–Crippen LogP) is 2.00. The topological polar surface area (TPSA) is 140 Å². The Kier molecular flexibility index (Phi) is 8.81. The van der Waals surface area contributed by atoms with Crippen LogP contribution in [-0.4, -0.2) is 84.3 Å². The van der Waals surface area contributed by atoms with E-state index in [9.17, 15) is 13.2 Å². The van der Waals surface area contributed by atoms with Gasteiger partial charge in [-0.15, -0.1) is 0 Å². The number of sulfonamides is 1. The van der Waals surface area contributed by atoms with Gasteiger partial charge in [-0.2, -0.15) is 4.31 Å². The molecule has 1 saturated heterocycles. The van der Waals surface area contributed by atoms with Crippen molar-refractivity contribution in [2.75, 3.05) is 39.9 Å². The zero-order valence-electron chi connectivity index (χ0n) is 20.8. The number of aromatic nitrogens is 2. The predicted molar refractivity (Wildman–Crippen MR) is 135 cm³/mol. The van der Waals surface area contributed by atoms with Crippen LogP contribution in [0, 0.1) is 12.3 Å². The molecule has 1 aliphatic heterocycles. The quantitative estimate of drug-likeness (QED) is 0.375. The van der Waals surface area contributed by atoms with Crippen molar-refractivity contribution in [3.63, 3.8) is 0 Å². The first-order valence-corrected chi connectivity index (χ1v) is 13.3. The molecule has 3 rings (SSSR count). The Morgan fingerprint density at radius 3 is 2.69 bits per heavy atom. The number of aliphatic hydroxyl groups excluding tert-OH is 1. The molecule has 35 heavy (non-hydrogen) atoms. The van der Waals surface area contributed by atoms with Gasteiger partial charge in [0.1, 0.15) is 11.6 Å². The van der Waals surface area contributed by atoms with Crippen molar-refractivity contribution in [3.8, 4) is 17.1 Å². The number of nitrogens with one attached hydrogen (secondary N) is 2. The van der Waals surface area contributed by atoms with Crippen LogP contribution in [0.3, 0.4) is 0 Å². The number of likely N-dealkylation sites (N-methyl/N-ethyl adjacent to an activating group) is 1. The van der Waals surface area contributed by atoms with E-state index in [2.05, 4.69) is 14.9 Å². The molecule has 2 heterocycles. The molecule has 1 fully saturated rings. The first kappa shape index (κ1) is 27.0. The normalized spacial score (nSPS) is 14.8. The molecule has 1 aromatic carbocycles. The van der Waals surface area contributed by atoms with Crippen LogP contribution in [0.2, 0.25) is 0 Å². The lowest BCUT2D eigenvalue weighted by Gasteiger charge is -2.43. The molecule has 1 aliphatic rings. The lowest BCUT2D eigenvalue weighted by molar-refractivity contribution is 0.104. The number of nitrogens with zero attached hydrogens (tertiary/aromatic N) is 3. The van der Waals surface area contributed by atoms with Gasteiger partial charge in [-0.05, 0) is 51.9 Å². The summed E-state index contributed by atoms with van der Waals surface area (Å²) in [7, 11) is -1.84. The van der Waals surface area contributed by atoms with Crippen LogP contribution in [0.25, 0.3) is 11.4 Å². The van der Waals surface area contributed by atoms with Crippen LogP contribution >= 0.6 is 0 Å². The van der Waals surface area contributed by atoms with Crippen LogP contribution in [-0.2, 0) is 10.0 Å². The zero-order valence-corrected chi connectivity index (χ0v) is 21.6. The van der Waals surface area contributed by atoms with Gasteiger partial charge in [-0.25, -0.2) is 13.4 Å². The third-order valence-electron chi connectivity index (χ3n) is 6.20. The fraction of sp³-hybridized carbons (Fsp3) is 0.542. The van der Waals surface area contributed by atoms with Crippen molar-refractivity contribution >= 4 is 15.7 Å².